The van der Waals surface area contributed by atoms with E-state index in [9.17, 15) is 5.11 Å². The summed E-state index contributed by atoms with van der Waals surface area (Å²) < 4.78 is 8.32. The van der Waals surface area contributed by atoms with Gasteiger partial charge in [0.1, 0.15) is 29.2 Å². The van der Waals surface area contributed by atoms with E-state index in [1.165, 1.54) is 5.56 Å². The Hall–Kier alpha value is -4.45. The highest BCUT2D eigenvalue weighted by Crippen LogP contribution is 2.37. The van der Waals surface area contributed by atoms with E-state index < -0.39 is 0 Å². The summed E-state index contributed by atoms with van der Waals surface area (Å²) in [5.74, 6) is 2.03. The van der Waals surface area contributed by atoms with Gasteiger partial charge in [0.25, 0.3) is 0 Å². The third-order valence-electron chi connectivity index (χ3n) is 6.63. The Kier molecular flexibility index (Phi) is 4.93. The lowest BCUT2D eigenvalue weighted by molar-refractivity contribution is 0.459. The molecule has 6 aromatic rings. The Bertz CT molecular complexity index is 1770. The maximum atomic E-state index is 10.5. The molecule has 1 N–H and O–H groups in total. The van der Waals surface area contributed by atoms with Gasteiger partial charge in [0.15, 0.2) is 0 Å². The van der Waals surface area contributed by atoms with Crippen LogP contribution in [-0.2, 0) is 5.41 Å². The second-order valence-corrected chi connectivity index (χ2v) is 10.1. The van der Waals surface area contributed by atoms with Crippen molar-refractivity contribution in [3.05, 3.63) is 90.4 Å². The van der Waals surface area contributed by atoms with Crippen LogP contribution in [0.2, 0.25) is 0 Å². The van der Waals surface area contributed by atoms with Gasteiger partial charge in [0.2, 0.25) is 5.88 Å². The summed E-state index contributed by atoms with van der Waals surface area (Å²) in [6.45, 7) is 8.52. The van der Waals surface area contributed by atoms with Crippen LogP contribution in [0.4, 0.5) is 0 Å². The second kappa shape index (κ2) is 8.05. The highest BCUT2D eigenvalue weighted by molar-refractivity contribution is 6.09. The average Bonchev–Trinajstić information content (AvgIpc) is 3.19. The molecule has 6 heteroatoms. The molecule has 3 heterocycles. The number of pyridine rings is 1. The van der Waals surface area contributed by atoms with Crippen molar-refractivity contribution in [2.45, 2.75) is 33.1 Å². The summed E-state index contributed by atoms with van der Waals surface area (Å²) >= 11 is 0. The molecule has 0 saturated heterocycles. The van der Waals surface area contributed by atoms with Gasteiger partial charge in [-0.05, 0) is 59.9 Å². The van der Waals surface area contributed by atoms with Crippen LogP contribution in [-0.4, -0.2) is 24.6 Å². The molecule has 0 atom stereocenters. The largest absolute Gasteiger partial charge is 0.505 e. The molecule has 3 aromatic heterocycles. The van der Waals surface area contributed by atoms with Gasteiger partial charge in [0, 0.05) is 34.5 Å². The summed E-state index contributed by atoms with van der Waals surface area (Å²) in [7, 11) is 0. The predicted octanol–water partition coefficient (Wildman–Crippen LogP) is 7.23. The van der Waals surface area contributed by atoms with Crippen molar-refractivity contribution in [2.24, 2.45) is 0 Å². The number of benzene rings is 3. The molecule has 0 saturated carbocycles. The van der Waals surface area contributed by atoms with Crippen LogP contribution in [0, 0.1) is 6.92 Å². The highest BCUT2D eigenvalue weighted by Gasteiger charge is 2.19. The van der Waals surface area contributed by atoms with E-state index in [2.05, 4.69) is 64.6 Å². The fourth-order valence-corrected chi connectivity index (χ4v) is 4.63. The van der Waals surface area contributed by atoms with Gasteiger partial charge in [-0.25, -0.2) is 15.0 Å². The van der Waals surface area contributed by atoms with Gasteiger partial charge in [0.05, 0.1) is 11.0 Å². The Morgan fingerprint density at radius 2 is 1.69 bits per heavy atom. The molecule has 0 aliphatic rings. The molecule has 0 aliphatic carbocycles. The lowest BCUT2D eigenvalue weighted by atomic mass is 9.86. The number of hydrogen-bond acceptors (Lipinski definition) is 5. The van der Waals surface area contributed by atoms with Crippen molar-refractivity contribution in [1.82, 2.24) is 19.5 Å². The van der Waals surface area contributed by atoms with Crippen molar-refractivity contribution < 1.29 is 9.84 Å². The normalized spacial score (nSPS) is 12.0. The number of aromatic hydroxyl groups is 1. The molecule has 6 nitrogen and oxygen atoms in total. The van der Waals surface area contributed by atoms with E-state index >= 15 is 0 Å². The Balaban J connectivity index is 1.53. The van der Waals surface area contributed by atoms with Crippen molar-refractivity contribution in [3.8, 4) is 23.2 Å². The molecule has 0 spiro atoms. The number of ether oxygens (including phenoxy) is 1. The minimum atomic E-state index is 0.0340. The van der Waals surface area contributed by atoms with E-state index in [4.69, 9.17) is 4.74 Å². The van der Waals surface area contributed by atoms with Gasteiger partial charge in [-0.1, -0.05) is 39.0 Å². The van der Waals surface area contributed by atoms with E-state index in [1.54, 1.807) is 12.5 Å². The van der Waals surface area contributed by atoms with E-state index in [0.717, 1.165) is 38.6 Å². The molecule has 0 fully saturated rings. The molecule has 3 aromatic carbocycles. The maximum absolute atomic E-state index is 10.5. The van der Waals surface area contributed by atoms with Gasteiger partial charge < -0.3 is 9.84 Å². The zero-order valence-electron chi connectivity index (χ0n) is 20.6. The number of hydrogen-bond donors (Lipinski definition) is 1. The molecular weight excluding hydrogens is 448 g/mol. The van der Waals surface area contributed by atoms with E-state index in [-0.39, 0.29) is 11.2 Å². The minimum absolute atomic E-state index is 0.0340. The molecule has 0 bridgehead atoms. The van der Waals surface area contributed by atoms with Crippen LogP contribution in [0.15, 0.2) is 79.3 Å². The molecule has 6 rings (SSSR count). The lowest BCUT2D eigenvalue weighted by Crippen LogP contribution is -2.10. The van der Waals surface area contributed by atoms with Crippen LogP contribution in [0.1, 0.15) is 31.9 Å². The first kappa shape index (κ1) is 22.0. The lowest BCUT2D eigenvalue weighted by Gasteiger charge is -2.19. The standard InChI is InChI=1S/C30H26N4O2/c1-18-5-6-19-7-12-27(33-28(19)29(18)35)36-21-9-10-22-23-15-20(30(2,3)4)8-11-24(23)34(25(22)16-21)26-13-14-31-17-32-26/h5-17,35H,1-4H3. The molecule has 0 amide bonds. The summed E-state index contributed by atoms with van der Waals surface area (Å²) in [5.41, 5.74) is 4.65. The van der Waals surface area contributed by atoms with Crippen LogP contribution < -0.4 is 4.74 Å². The third kappa shape index (κ3) is 3.62. The summed E-state index contributed by atoms with van der Waals surface area (Å²) in [5, 5.41) is 13.6. The molecule has 0 radical (unpaired) electrons. The van der Waals surface area contributed by atoms with E-state index in [0.29, 0.717) is 17.1 Å². The Morgan fingerprint density at radius 3 is 2.47 bits per heavy atom. The highest BCUT2D eigenvalue weighted by atomic mass is 16.5. The summed E-state index contributed by atoms with van der Waals surface area (Å²) in [6, 6.07) is 22.1. The van der Waals surface area contributed by atoms with E-state index in [1.807, 2.05) is 49.4 Å². The average molecular weight is 475 g/mol. The number of rotatable bonds is 3. The topological polar surface area (TPSA) is 73.1 Å². The monoisotopic (exact) mass is 474 g/mol. The van der Waals surface area contributed by atoms with Crippen molar-refractivity contribution in [1.29, 1.82) is 0 Å². The number of aromatic nitrogens is 4. The first-order chi connectivity index (χ1) is 17.3. The Labute approximate surface area is 208 Å². The summed E-state index contributed by atoms with van der Waals surface area (Å²) in [4.78, 5) is 13.2. The van der Waals surface area contributed by atoms with Gasteiger partial charge >= 0.3 is 0 Å². The molecule has 178 valence electrons. The second-order valence-electron chi connectivity index (χ2n) is 10.1. The van der Waals surface area contributed by atoms with Crippen LogP contribution >= 0.6 is 0 Å². The molecule has 36 heavy (non-hydrogen) atoms. The number of phenolic OH excluding ortho intramolecular Hbond substituents is 1. The van der Waals surface area contributed by atoms with Crippen LogP contribution in [0.3, 0.4) is 0 Å². The molecular formula is C30H26N4O2. The zero-order valence-corrected chi connectivity index (χ0v) is 20.6. The van der Waals surface area contributed by atoms with Gasteiger partial charge in [-0.15, -0.1) is 0 Å². The van der Waals surface area contributed by atoms with Crippen molar-refractivity contribution >= 4 is 32.7 Å². The fourth-order valence-electron chi connectivity index (χ4n) is 4.63. The Morgan fingerprint density at radius 1 is 0.861 bits per heavy atom. The molecule has 0 aliphatic heterocycles. The number of fused-ring (bicyclic) bond motifs is 4. The van der Waals surface area contributed by atoms with Gasteiger partial charge in [-0.2, -0.15) is 0 Å². The number of nitrogens with zero attached hydrogens (tertiary/aromatic N) is 4. The maximum Gasteiger partial charge on any atom is 0.219 e. The summed E-state index contributed by atoms with van der Waals surface area (Å²) in [6.07, 6.45) is 3.31. The van der Waals surface area contributed by atoms with Crippen molar-refractivity contribution in [2.75, 3.05) is 0 Å². The van der Waals surface area contributed by atoms with Crippen molar-refractivity contribution in [3.63, 3.8) is 0 Å². The smallest absolute Gasteiger partial charge is 0.219 e. The predicted molar refractivity (Wildman–Crippen MR) is 143 cm³/mol. The SMILES string of the molecule is Cc1ccc2ccc(Oc3ccc4c5cc(C(C)(C)C)ccc5n(-c5ccncn5)c4c3)nc2c1O. The number of aryl methyl sites for hydroxylation is 1. The third-order valence-corrected chi connectivity index (χ3v) is 6.63. The molecule has 0 unspecified atom stereocenters. The minimum Gasteiger partial charge on any atom is -0.505 e. The van der Waals surface area contributed by atoms with Gasteiger partial charge in [-0.3, -0.25) is 4.57 Å². The first-order valence-corrected chi connectivity index (χ1v) is 11.9. The fraction of sp³-hybridized carbons (Fsp3) is 0.167. The quantitative estimate of drug-likeness (QED) is 0.293. The number of phenols is 1. The van der Waals surface area contributed by atoms with Crippen LogP contribution in [0.5, 0.6) is 17.4 Å². The zero-order chi connectivity index (χ0) is 25.0. The first-order valence-electron chi connectivity index (χ1n) is 11.9. The van der Waals surface area contributed by atoms with Crippen LogP contribution in [0.25, 0.3) is 38.5 Å².